The van der Waals surface area contributed by atoms with Gasteiger partial charge in [-0.1, -0.05) is 12.1 Å². The molecule has 1 aliphatic rings. The van der Waals surface area contributed by atoms with Crippen molar-refractivity contribution in [3.63, 3.8) is 0 Å². The number of halogens is 1. The first-order valence-corrected chi connectivity index (χ1v) is 11.9. The number of nitro benzene ring substituents is 1. The number of benzene rings is 2. The highest BCUT2D eigenvalue weighted by atomic mass is 19.1. The second-order valence-corrected chi connectivity index (χ2v) is 8.77. The van der Waals surface area contributed by atoms with E-state index in [-0.39, 0.29) is 29.0 Å². The Hall–Kier alpha value is -5.33. The Bertz CT molecular complexity index is 1770. The standard InChI is InChI=1S/C26H21FN8O4/c1-14-8-9-29-26(32-14)39-19-7-6-15(12-16(19)27)20-21-23(28)30-13-31-24(21)34-11-10-33(25(20)34)17-4-3-5-18(35(36)37)22(17)38-2/h3-9,12-13H,10-11H2,1-2H3,(H2,28,30,31). The van der Waals surface area contributed by atoms with Gasteiger partial charge in [0, 0.05) is 36.6 Å². The summed E-state index contributed by atoms with van der Waals surface area (Å²) < 4.78 is 28.4. The SMILES string of the molecule is COc1c(N2CCn3c2c(-c2ccc(Oc4nccc(C)n4)c(F)c2)c2c(N)ncnc23)cccc1[N+](=O)[O-]. The summed E-state index contributed by atoms with van der Waals surface area (Å²) in [5, 5.41) is 12.2. The fourth-order valence-corrected chi connectivity index (χ4v) is 4.88. The van der Waals surface area contributed by atoms with Gasteiger partial charge in [-0.05, 0) is 36.8 Å². The minimum absolute atomic E-state index is 0.0263. The van der Waals surface area contributed by atoms with Crippen LogP contribution in [0.3, 0.4) is 0 Å². The van der Waals surface area contributed by atoms with Crippen LogP contribution < -0.4 is 20.1 Å². The molecule has 2 aromatic carbocycles. The lowest BCUT2D eigenvalue weighted by Gasteiger charge is -2.22. The molecule has 196 valence electrons. The Morgan fingerprint density at radius 3 is 2.72 bits per heavy atom. The lowest BCUT2D eigenvalue weighted by molar-refractivity contribution is -0.385. The number of nitro groups is 1. The van der Waals surface area contributed by atoms with Crippen LogP contribution in [0.4, 0.5) is 27.4 Å². The quantitative estimate of drug-likeness (QED) is 0.241. The second-order valence-electron chi connectivity index (χ2n) is 8.77. The zero-order valence-corrected chi connectivity index (χ0v) is 20.8. The third-order valence-electron chi connectivity index (χ3n) is 6.50. The molecule has 6 rings (SSSR count). The van der Waals surface area contributed by atoms with E-state index < -0.39 is 10.7 Å². The molecule has 0 radical (unpaired) electrons. The van der Waals surface area contributed by atoms with E-state index in [4.69, 9.17) is 15.2 Å². The second kappa shape index (κ2) is 9.20. The number of hydrogen-bond acceptors (Lipinski definition) is 10. The molecule has 0 saturated carbocycles. The Morgan fingerprint density at radius 2 is 1.97 bits per heavy atom. The van der Waals surface area contributed by atoms with Crippen LogP contribution in [0.1, 0.15) is 5.69 Å². The van der Waals surface area contributed by atoms with Crippen LogP contribution in [0.2, 0.25) is 0 Å². The molecule has 2 N–H and O–H groups in total. The molecule has 13 heteroatoms. The molecule has 4 heterocycles. The maximum atomic E-state index is 15.4. The van der Waals surface area contributed by atoms with E-state index >= 15 is 4.39 Å². The highest BCUT2D eigenvalue weighted by Crippen LogP contribution is 2.50. The zero-order chi connectivity index (χ0) is 27.3. The van der Waals surface area contributed by atoms with Crippen molar-refractivity contribution < 1.29 is 18.8 Å². The molecule has 39 heavy (non-hydrogen) atoms. The first-order valence-electron chi connectivity index (χ1n) is 11.9. The van der Waals surface area contributed by atoms with Gasteiger partial charge in [-0.25, -0.2) is 24.3 Å². The molecule has 5 aromatic rings. The molecule has 0 bridgehead atoms. The predicted molar refractivity (Wildman–Crippen MR) is 141 cm³/mol. The summed E-state index contributed by atoms with van der Waals surface area (Å²) in [4.78, 5) is 29.9. The molecule has 1 aliphatic heterocycles. The van der Waals surface area contributed by atoms with E-state index in [1.165, 1.54) is 37.8 Å². The number of anilines is 3. The fourth-order valence-electron chi connectivity index (χ4n) is 4.88. The van der Waals surface area contributed by atoms with Crippen molar-refractivity contribution in [3.8, 4) is 28.6 Å². The van der Waals surface area contributed by atoms with E-state index in [0.29, 0.717) is 52.4 Å². The monoisotopic (exact) mass is 528 g/mol. The van der Waals surface area contributed by atoms with Gasteiger partial charge in [0.15, 0.2) is 11.6 Å². The van der Waals surface area contributed by atoms with Crippen molar-refractivity contribution in [2.45, 2.75) is 13.5 Å². The first kappa shape index (κ1) is 24.0. The number of nitrogen functional groups attached to an aromatic ring is 1. The molecular weight excluding hydrogens is 507 g/mol. The fraction of sp³-hybridized carbons (Fsp3) is 0.154. The minimum Gasteiger partial charge on any atom is -0.489 e. The topological polar surface area (TPSA) is 147 Å². The van der Waals surface area contributed by atoms with Gasteiger partial charge < -0.3 is 24.7 Å². The lowest BCUT2D eigenvalue weighted by Crippen LogP contribution is -2.15. The van der Waals surface area contributed by atoms with Gasteiger partial charge in [0.25, 0.3) is 0 Å². The zero-order valence-electron chi connectivity index (χ0n) is 20.8. The summed E-state index contributed by atoms with van der Waals surface area (Å²) in [5.74, 6) is 0.270. The van der Waals surface area contributed by atoms with Gasteiger partial charge in [-0.15, -0.1) is 0 Å². The average Bonchev–Trinajstić information content (AvgIpc) is 3.49. The van der Waals surface area contributed by atoms with E-state index in [1.807, 2.05) is 9.47 Å². The Labute approximate surface area is 220 Å². The molecule has 0 saturated heterocycles. The van der Waals surface area contributed by atoms with Crippen molar-refractivity contribution in [3.05, 3.63) is 76.6 Å². The summed E-state index contributed by atoms with van der Waals surface area (Å²) in [6.07, 6.45) is 2.89. The largest absolute Gasteiger partial charge is 0.489 e. The third-order valence-corrected chi connectivity index (χ3v) is 6.50. The lowest BCUT2D eigenvalue weighted by atomic mass is 10.0. The molecule has 0 aliphatic carbocycles. The summed E-state index contributed by atoms with van der Waals surface area (Å²) in [6, 6.07) is 10.9. The van der Waals surface area contributed by atoms with Gasteiger partial charge in [0.1, 0.15) is 23.6 Å². The average molecular weight is 529 g/mol. The van der Waals surface area contributed by atoms with E-state index in [9.17, 15) is 10.1 Å². The van der Waals surface area contributed by atoms with Crippen molar-refractivity contribution in [1.29, 1.82) is 0 Å². The first-order chi connectivity index (χ1) is 18.9. The van der Waals surface area contributed by atoms with Crippen LogP contribution in [0.15, 0.2) is 55.0 Å². The van der Waals surface area contributed by atoms with E-state index in [2.05, 4.69) is 19.9 Å². The summed E-state index contributed by atoms with van der Waals surface area (Å²) in [6.45, 7) is 2.75. The Kier molecular flexibility index (Phi) is 5.67. The highest BCUT2D eigenvalue weighted by Gasteiger charge is 2.34. The number of aryl methyl sites for hydroxylation is 1. The maximum Gasteiger partial charge on any atom is 0.322 e. The van der Waals surface area contributed by atoms with Gasteiger partial charge >= 0.3 is 11.7 Å². The molecule has 3 aromatic heterocycles. The summed E-state index contributed by atoms with van der Waals surface area (Å²) >= 11 is 0. The van der Waals surface area contributed by atoms with Gasteiger partial charge in [0.2, 0.25) is 5.75 Å². The number of methoxy groups -OCH3 is 1. The minimum atomic E-state index is -0.640. The molecule has 0 unspecified atom stereocenters. The molecule has 0 spiro atoms. The number of para-hydroxylation sites is 1. The van der Waals surface area contributed by atoms with Gasteiger partial charge in [-0.2, -0.15) is 0 Å². The molecule has 0 atom stereocenters. The van der Waals surface area contributed by atoms with Crippen LogP contribution >= 0.6 is 0 Å². The van der Waals surface area contributed by atoms with E-state index in [0.717, 1.165) is 0 Å². The van der Waals surface area contributed by atoms with Crippen LogP contribution in [-0.2, 0) is 6.54 Å². The summed E-state index contributed by atoms with van der Waals surface area (Å²) in [5.41, 5.74) is 8.93. The number of rotatable bonds is 6. The van der Waals surface area contributed by atoms with Crippen LogP contribution in [0.25, 0.3) is 22.2 Å². The third kappa shape index (κ3) is 3.91. The van der Waals surface area contributed by atoms with Crippen molar-refractivity contribution in [2.24, 2.45) is 0 Å². The van der Waals surface area contributed by atoms with Crippen LogP contribution in [0, 0.1) is 22.9 Å². The van der Waals surface area contributed by atoms with Crippen molar-refractivity contribution in [2.75, 3.05) is 24.3 Å². The van der Waals surface area contributed by atoms with Crippen LogP contribution in [-0.4, -0.2) is 43.1 Å². The smallest absolute Gasteiger partial charge is 0.322 e. The number of nitrogens with zero attached hydrogens (tertiary/aromatic N) is 7. The predicted octanol–water partition coefficient (Wildman–Crippen LogP) is 4.78. The van der Waals surface area contributed by atoms with Crippen molar-refractivity contribution in [1.82, 2.24) is 24.5 Å². The molecule has 0 amide bonds. The number of nitrogens with two attached hydrogens (primary N) is 1. The van der Waals surface area contributed by atoms with Gasteiger partial charge in [0.05, 0.1) is 23.1 Å². The number of fused-ring (bicyclic) bond motifs is 3. The highest BCUT2D eigenvalue weighted by molar-refractivity contribution is 6.08. The normalized spacial score (nSPS) is 12.5. The molecule has 12 nitrogen and oxygen atoms in total. The molecular formula is C26H21FN8O4. The Balaban J connectivity index is 1.53. The number of hydrogen-bond donors (Lipinski definition) is 1. The summed E-state index contributed by atoms with van der Waals surface area (Å²) in [7, 11) is 1.38. The van der Waals surface area contributed by atoms with E-state index in [1.54, 1.807) is 31.2 Å². The number of aromatic nitrogens is 5. The number of ether oxygens (including phenoxy) is 2. The van der Waals surface area contributed by atoms with Crippen LogP contribution in [0.5, 0.6) is 17.5 Å². The molecule has 0 fully saturated rings. The maximum absolute atomic E-state index is 15.4. The van der Waals surface area contributed by atoms with Gasteiger partial charge in [-0.3, -0.25) is 10.1 Å². The Morgan fingerprint density at radius 1 is 1.13 bits per heavy atom. The van der Waals surface area contributed by atoms with Crippen molar-refractivity contribution >= 4 is 34.0 Å².